The molecule has 0 saturated heterocycles. The number of nitrogens with two attached hydrogens (primary N) is 1. The zero-order valence-corrected chi connectivity index (χ0v) is 7.32. The Labute approximate surface area is 80.5 Å². The Hall–Kier alpha value is -2.03. The van der Waals surface area contributed by atoms with Crippen molar-refractivity contribution >= 4 is 17.8 Å². The molecule has 0 aromatic rings. The number of carbonyl (C=O) groups excluding carboxylic acids is 2. The minimum atomic E-state index is -1.25. The molecule has 2 amide bonds. The lowest BCUT2D eigenvalue weighted by Gasteiger charge is -2.10. The van der Waals surface area contributed by atoms with Gasteiger partial charge in [0, 0.05) is 6.42 Å². The van der Waals surface area contributed by atoms with E-state index in [1.807, 2.05) is 5.32 Å². The van der Waals surface area contributed by atoms with Crippen LogP contribution in [0.5, 0.6) is 0 Å². The van der Waals surface area contributed by atoms with Crippen LogP contribution in [0.15, 0.2) is 0 Å². The van der Waals surface area contributed by atoms with Crippen LogP contribution in [-0.4, -0.2) is 28.9 Å². The van der Waals surface area contributed by atoms with Gasteiger partial charge in [0.1, 0.15) is 6.04 Å². The number of primary amides is 1. The molecule has 0 bridgehead atoms. The topological polar surface area (TPSA) is 109 Å². The Morgan fingerprint density at radius 3 is 2.43 bits per heavy atom. The quantitative estimate of drug-likeness (QED) is 0.465. The van der Waals surface area contributed by atoms with Crippen molar-refractivity contribution in [3.05, 3.63) is 0 Å². The Balaban J connectivity index is 4.18. The number of terminal acetylenes is 1. The maximum absolute atomic E-state index is 10.6. The molecule has 0 fully saturated rings. The van der Waals surface area contributed by atoms with Crippen LogP contribution in [0, 0.1) is 12.3 Å². The predicted octanol–water partition coefficient (Wildman–Crippen LogP) is -1.55. The van der Waals surface area contributed by atoms with Gasteiger partial charge in [0.25, 0.3) is 5.91 Å². The molecule has 0 spiro atoms. The molecule has 0 aromatic carbocycles. The van der Waals surface area contributed by atoms with E-state index in [2.05, 4.69) is 0 Å². The first-order valence-electron chi connectivity index (χ1n) is 3.75. The molecule has 76 valence electrons. The van der Waals surface area contributed by atoms with Crippen molar-refractivity contribution in [3.63, 3.8) is 0 Å². The molecule has 0 aliphatic heterocycles. The number of aliphatic carboxylic acids is 1. The normalized spacial score (nSPS) is 11.1. The Morgan fingerprint density at radius 2 is 2.07 bits per heavy atom. The third kappa shape index (κ3) is 4.77. The van der Waals surface area contributed by atoms with Gasteiger partial charge in [-0.2, -0.15) is 0 Å². The first-order chi connectivity index (χ1) is 6.47. The maximum atomic E-state index is 10.6. The van der Waals surface area contributed by atoms with Gasteiger partial charge in [0.2, 0.25) is 5.91 Å². The molecule has 0 aliphatic rings. The van der Waals surface area contributed by atoms with Crippen LogP contribution in [0.4, 0.5) is 0 Å². The fourth-order valence-corrected chi connectivity index (χ4v) is 0.744. The second kappa shape index (κ2) is 5.59. The summed E-state index contributed by atoms with van der Waals surface area (Å²) in [5.74, 6) is -1.01. The van der Waals surface area contributed by atoms with Gasteiger partial charge in [0.15, 0.2) is 0 Å². The van der Waals surface area contributed by atoms with Gasteiger partial charge in [-0.1, -0.05) is 0 Å². The summed E-state index contributed by atoms with van der Waals surface area (Å²) in [7, 11) is 0. The van der Waals surface area contributed by atoms with Gasteiger partial charge in [-0.15, -0.1) is 6.42 Å². The van der Waals surface area contributed by atoms with Gasteiger partial charge in [-0.25, -0.2) is 4.79 Å². The van der Waals surface area contributed by atoms with Crippen LogP contribution in [0.2, 0.25) is 0 Å². The molecule has 0 aliphatic carbocycles. The van der Waals surface area contributed by atoms with E-state index in [0.717, 1.165) is 0 Å². The summed E-state index contributed by atoms with van der Waals surface area (Å²) < 4.78 is 0. The van der Waals surface area contributed by atoms with Gasteiger partial charge in [-0.3, -0.25) is 9.59 Å². The molecule has 0 heterocycles. The molecule has 0 radical (unpaired) electrons. The zero-order valence-electron chi connectivity index (χ0n) is 7.32. The molecule has 0 rings (SSSR count). The number of hydrogen-bond acceptors (Lipinski definition) is 3. The first kappa shape index (κ1) is 12.0. The van der Waals surface area contributed by atoms with E-state index in [0.29, 0.717) is 0 Å². The van der Waals surface area contributed by atoms with Crippen molar-refractivity contribution in [3.8, 4) is 12.3 Å². The predicted molar refractivity (Wildman–Crippen MR) is 46.8 cm³/mol. The van der Waals surface area contributed by atoms with Crippen LogP contribution in [0.25, 0.3) is 0 Å². The molecule has 6 heteroatoms. The van der Waals surface area contributed by atoms with Crippen LogP contribution >= 0.6 is 0 Å². The average Bonchev–Trinajstić information content (AvgIpc) is 2.10. The third-order valence-corrected chi connectivity index (χ3v) is 1.41. The molecule has 6 nitrogen and oxygen atoms in total. The Bertz CT molecular complexity index is 292. The molecule has 0 aromatic heterocycles. The van der Waals surface area contributed by atoms with Crippen molar-refractivity contribution in [2.24, 2.45) is 5.73 Å². The monoisotopic (exact) mass is 198 g/mol. The molecular weight excluding hydrogens is 188 g/mol. The van der Waals surface area contributed by atoms with Gasteiger partial charge in [-0.05, 0) is 12.3 Å². The number of carboxylic acids is 1. The van der Waals surface area contributed by atoms with E-state index < -0.39 is 23.8 Å². The number of nitrogens with one attached hydrogen (secondary N) is 1. The van der Waals surface area contributed by atoms with E-state index in [1.54, 1.807) is 5.92 Å². The number of rotatable bonds is 5. The Kier molecular flexibility index (Phi) is 4.78. The molecule has 14 heavy (non-hydrogen) atoms. The largest absolute Gasteiger partial charge is 0.480 e. The molecular formula is C8H10N2O4. The van der Waals surface area contributed by atoms with E-state index >= 15 is 0 Å². The fourth-order valence-electron chi connectivity index (χ4n) is 0.744. The highest BCUT2D eigenvalue weighted by Crippen LogP contribution is 1.96. The summed E-state index contributed by atoms with van der Waals surface area (Å²) in [4.78, 5) is 31.5. The lowest BCUT2D eigenvalue weighted by atomic mass is 10.1. The molecule has 0 saturated carbocycles. The highest BCUT2D eigenvalue weighted by Gasteiger charge is 2.19. The van der Waals surface area contributed by atoms with E-state index in [-0.39, 0.29) is 12.8 Å². The number of carbonyl (C=O) groups is 3. The summed E-state index contributed by atoms with van der Waals surface area (Å²) in [6.07, 6.45) is 4.54. The number of carboxylic acid groups (broad SMARTS) is 1. The van der Waals surface area contributed by atoms with Crippen molar-refractivity contribution in [2.75, 3.05) is 0 Å². The second-order valence-electron chi connectivity index (χ2n) is 2.51. The van der Waals surface area contributed by atoms with E-state index in [9.17, 15) is 14.4 Å². The zero-order chi connectivity index (χ0) is 11.1. The minimum Gasteiger partial charge on any atom is -0.480 e. The van der Waals surface area contributed by atoms with E-state index in [1.165, 1.54) is 0 Å². The van der Waals surface area contributed by atoms with Gasteiger partial charge < -0.3 is 16.2 Å². The van der Waals surface area contributed by atoms with Crippen molar-refractivity contribution in [1.82, 2.24) is 5.32 Å². The smallest absolute Gasteiger partial charge is 0.326 e. The third-order valence-electron chi connectivity index (χ3n) is 1.41. The lowest BCUT2D eigenvalue weighted by molar-refractivity contribution is -0.141. The lowest BCUT2D eigenvalue weighted by Crippen LogP contribution is -2.40. The summed E-state index contributed by atoms with van der Waals surface area (Å²) in [5.41, 5.74) is 4.82. The summed E-state index contributed by atoms with van der Waals surface area (Å²) in [6, 6.07) is -1.17. The first-order valence-corrected chi connectivity index (χ1v) is 3.75. The summed E-state index contributed by atoms with van der Waals surface area (Å²) in [5, 5.41) is 10.6. The minimum absolute atomic E-state index is 0.0713. The fraction of sp³-hybridized carbons (Fsp3) is 0.375. The van der Waals surface area contributed by atoms with Crippen molar-refractivity contribution in [2.45, 2.75) is 18.9 Å². The number of amides is 2. The SMILES string of the molecule is C#CC(=O)N[C@@H](CCC(N)=O)C(=O)O. The standard InChI is InChI=1S/C8H10N2O4/c1-2-7(12)10-5(8(13)14)3-4-6(9)11/h1,5H,3-4H2,(H2,9,11)(H,10,12)(H,13,14)/t5-/m0/s1. The van der Waals surface area contributed by atoms with Gasteiger partial charge >= 0.3 is 5.97 Å². The van der Waals surface area contributed by atoms with E-state index in [4.69, 9.17) is 17.3 Å². The molecule has 4 N–H and O–H groups in total. The van der Waals surface area contributed by atoms with Gasteiger partial charge in [0.05, 0.1) is 0 Å². The van der Waals surface area contributed by atoms with Crippen LogP contribution < -0.4 is 11.1 Å². The maximum Gasteiger partial charge on any atom is 0.326 e. The summed E-state index contributed by atoms with van der Waals surface area (Å²) >= 11 is 0. The molecule has 1 atom stereocenters. The van der Waals surface area contributed by atoms with Crippen LogP contribution in [0.3, 0.4) is 0 Å². The summed E-state index contributed by atoms with van der Waals surface area (Å²) in [6.45, 7) is 0. The molecule has 0 unspecified atom stereocenters. The second-order valence-corrected chi connectivity index (χ2v) is 2.51. The van der Waals surface area contributed by atoms with Crippen molar-refractivity contribution in [1.29, 1.82) is 0 Å². The van der Waals surface area contributed by atoms with Crippen LogP contribution in [0.1, 0.15) is 12.8 Å². The average molecular weight is 198 g/mol. The highest BCUT2D eigenvalue weighted by atomic mass is 16.4. The highest BCUT2D eigenvalue weighted by molar-refractivity contribution is 5.95. The number of hydrogen-bond donors (Lipinski definition) is 3. The van der Waals surface area contributed by atoms with Crippen LogP contribution in [-0.2, 0) is 14.4 Å². The Morgan fingerprint density at radius 1 is 1.50 bits per heavy atom. The van der Waals surface area contributed by atoms with Crippen molar-refractivity contribution < 1.29 is 19.5 Å².